The number of sulfonamides is 1. The van der Waals surface area contributed by atoms with Gasteiger partial charge in [0, 0.05) is 37.0 Å². The van der Waals surface area contributed by atoms with E-state index in [4.69, 9.17) is 23.2 Å². The zero-order chi connectivity index (χ0) is 22.4. The first-order valence-corrected chi connectivity index (χ1v) is 12.0. The van der Waals surface area contributed by atoms with Crippen molar-refractivity contribution in [2.75, 3.05) is 25.0 Å². The van der Waals surface area contributed by atoms with E-state index < -0.39 is 10.0 Å². The van der Waals surface area contributed by atoms with Crippen molar-refractivity contribution in [2.24, 2.45) is 5.92 Å². The zero-order valence-corrected chi connectivity index (χ0v) is 19.0. The number of hydrogen-bond donors (Lipinski definition) is 2. The van der Waals surface area contributed by atoms with Crippen molar-refractivity contribution < 1.29 is 18.0 Å². The van der Waals surface area contributed by atoms with E-state index in [9.17, 15) is 18.0 Å². The van der Waals surface area contributed by atoms with Crippen molar-refractivity contribution in [3.8, 4) is 0 Å². The van der Waals surface area contributed by atoms with Crippen molar-refractivity contribution in [3.63, 3.8) is 0 Å². The standard InChI is InChI=1S/C21H23Cl2N3O4S/c22-16-6-7-19(18(23)14-16)25-20(27)8-11-24-21(28)15-9-12-26(13-10-15)31(29,30)17-4-2-1-3-5-17/h1-7,14-15H,8-13H2,(H,24,28)(H,25,27). The Hall–Kier alpha value is -2.13. The van der Waals surface area contributed by atoms with Crippen molar-refractivity contribution >= 4 is 50.7 Å². The Morgan fingerprint density at radius 1 is 1.03 bits per heavy atom. The van der Waals surface area contributed by atoms with E-state index in [1.165, 1.54) is 10.4 Å². The molecule has 2 N–H and O–H groups in total. The van der Waals surface area contributed by atoms with Crippen LogP contribution in [-0.4, -0.2) is 44.2 Å². The van der Waals surface area contributed by atoms with Crippen LogP contribution in [0.1, 0.15) is 19.3 Å². The predicted octanol–water partition coefficient (Wildman–Crippen LogP) is 3.54. The number of rotatable bonds is 7. The first-order valence-electron chi connectivity index (χ1n) is 9.85. The molecule has 1 aliphatic heterocycles. The first kappa shape index (κ1) is 23.5. The van der Waals surface area contributed by atoms with Crippen LogP contribution in [-0.2, 0) is 19.6 Å². The second kappa shape index (κ2) is 10.5. The third-order valence-corrected chi connectivity index (χ3v) is 7.52. The molecule has 1 saturated heterocycles. The van der Waals surface area contributed by atoms with Gasteiger partial charge in [-0.2, -0.15) is 4.31 Å². The number of amides is 2. The van der Waals surface area contributed by atoms with Gasteiger partial charge in [-0.15, -0.1) is 0 Å². The molecule has 10 heteroatoms. The zero-order valence-electron chi connectivity index (χ0n) is 16.7. The van der Waals surface area contributed by atoms with Crippen LogP contribution in [0, 0.1) is 5.92 Å². The van der Waals surface area contributed by atoms with Crippen molar-refractivity contribution in [3.05, 3.63) is 58.6 Å². The smallest absolute Gasteiger partial charge is 0.243 e. The van der Waals surface area contributed by atoms with E-state index in [1.54, 1.807) is 42.5 Å². The Bertz CT molecular complexity index is 1040. The summed E-state index contributed by atoms with van der Waals surface area (Å²) < 4.78 is 26.7. The first-order chi connectivity index (χ1) is 14.8. The highest BCUT2D eigenvalue weighted by Gasteiger charge is 2.31. The summed E-state index contributed by atoms with van der Waals surface area (Å²) in [5, 5.41) is 6.24. The fourth-order valence-electron chi connectivity index (χ4n) is 3.35. The fourth-order valence-corrected chi connectivity index (χ4v) is 5.29. The molecule has 0 aromatic heterocycles. The molecule has 31 heavy (non-hydrogen) atoms. The van der Waals surface area contributed by atoms with Gasteiger partial charge in [-0.25, -0.2) is 8.42 Å². The maximum Gasteiger partial charge on any atom is 0.243 e. The summed E-state index contributed by atoms with van der Waals surface area (Å²) in [7, 11) is -3.55. The van der Waals surface area contributed by atoms with Gasteiger partial charge in [-0.05, 0) is 43.2 Å². The number of carbonyl (C=O) groups excluding carboxylic acids is 2. The van der Waals surface area contributed by atoms with Gasteiger partial charge in [0.25, 0.3) is 0 Å². The summed E-state index contributed by atoms with van der Waals surface area (Å²) in [6.45, 7) is 0.744. The lowest BCUT2D eigenvalue weighted by atomic mass is 9.97. The van der Waals surface area contributed by atoms with E-state index in [0.29, 0.717) is 28.6 Å². The third kappa shape index (κ3) is 6.20. The average Bonchev–Trinajstić information content (AvgIpc) is 2.76. The summed E-state index contributed by atoms with van der Waals surface area (Å²) >= 11 is 11.9. The Morgan fingerprint density at radius 3 is 2.35 bits per heavy atom. The molecule has 166 valence electrons. The monoisotopic (exact) mass is 483 g/mol. The second-order valence-corrected chi connectivity index (χ2v) is 9.99. The highest BCUT2D eigenvalue weighted by atomic mass is 35.5. The van der Waals surface area contributed by atoms with E-state index in [1.807, 2.05) is 0 Å². The molecular weight excluding hydrogens is 461 g/mol. The maximum absolute atomic E-state index is 12.7. The highest BCUT2D eigenvalue weighted by Crippen LogP contribution is 2.26. The number of hydrogen-bond acceptors (Lipinski definition) is 4. The molecule has 0 bridgehead atoms. The van der Waals surface area contributed by atoms with Gasteiger partial charge < -0.3 is 10.6 Å². The molecule has 1 aliphatic rings. The molecule has 0 saturated carbocycles. The summed E-state index contributed by atoms with van der Waals surface area (Å²) in [6, 6.07) is 13.0. The molecule has 0 atom stereocenters. The van der Waals surface area contributed by atoms with Crippen molar-refractivity contribution in [1.82, 2.24) is 9.62 Å². The summed E-state index contributed by atoms with van der Waals surface area (Å²) in [6.07, 6.45) is 0.959. The van der Waals surface area contributed by atoms with E-state index in [2.05, 4.69) is 10.6 Å². The molecule has 0 aliphatic carbocycles. The largest absolute Gasteiger partial charge is 0.355 e. The molecule has 0 unspecified atom stereocenters. The van der Waals surface area contributed by atoms with E-state index in [0.717, 1.165) is 0 Å². The van der Waals surface area contributed by atoms with Gasteiger partial charge in [0.05, 0.1) is 15.6 Å². The Kier molecular flexibility index (Phi) is 7.94. The lowest BCUT2D eigenvalue weighted by Crippen LogP contribution is -2.43. The average molecular weight is 484 g/mol. The summed E-state index contributed by atoms with van der Waals surface area (Å²) in [5.41, 5.74) is 0.453. The molecule has 2 aromatic rings. The quantitative estimate of drug-likeness (QED) is 0.629. The topological polar surface area (TPSA) is 95.6 Å². The van der Waals surface area contributed by atoms with Crippen LogP contribution >= 0.6 is 23.2 Å². The molecule has 3 rings (SSSR count). The lowest BCUT2D eigenvalue weighted by molar-refractivity contribution is -0.126. The number of benzene rings is 2. The number of halogens is 2. The van der Waals surface area contributed by atoms with Crippen LogP contribution in [0.25, 0.3) is 0 Å². The van der Waals surface area contributed by atoms with Crippen LogP contribution in [0.15, 0.2) is 53.4 Å². The normalized spacial score (nSPS) is 15.4. The number of anilines is 1. The third-order valence-electron chi connectivity index (χ3n) is 5.06. The number of piperidine rings is 1. The SMILES string of the molecule is O=C(CCNC(=O)C1CCN(S(=O)(=O)c2ccccc2)CC1)Nc1ccc(Cl)cc1Cl. The van der Waals surface area contributed by atoms with Gasteiger partial charge in [0.1, 0.15) is 0 Å². The molecular formula is C21H23Cl2N3O4S. The minimum atomic E-state index is -3.55. The highest BCUT2D eigenvalue weighted by molar-refractivity contribution is 7.89. The molecule has 2 aromatic carbocycles. The van der Waals surface area contributed by atoms with Crippen LogP contribution in [0.3, 0.4) is 0 Å². The molecule has 0 radical (unpaired) electrons. The predicted molar refractivity (Wildman–Crippen MR) is 121 cm³/mol. The van der Waals surface area contributed by atoms with Gasteiger partial charge in [0.15, 0.2) is 0 Å². The van der Waals surface area contributed by atoms with Crippen LogP contribution in [0.4, 0.5) is 5.69 Å². The lowest BCUT2D eigenvalue weighted by Gasteiger charge is -2.30. The molecule has 0 spiro atoms. The molecule has 2 amide bonds. The minimum absolute atomic E-state index is 0.0892. The van der Waals surface area contributed by atoms with Gasteiger partial charge >= 0.3 is 0 Å². The van der Waals surface area contributed by atoms with Crippen LogP contribution in [0.2, 0.25) is 10.0 Å². The van der Waals surface area contributed by atoms with Crippen molar-refractivity contribution in [2.45, 2.75) is 24.2 Å². The van der Waals surface area contributed by atoms with Crippen LogP contribution < -0.4 is 10.6 Å². The van der Waals surface area contributed by atoms with Crippen molar-refractivity contribution in [1.29, 1.82) is 0 Å². The fraction of sp³-hybridized carbons (Fsp3) is 0.333. The second-order valence-electron chi connectivity index (χ2n) is 7.20. The number of nitrogens with one attached hydrogen (secondary N) is 2. The maximum atomic E-state index is 12.7. The van der Waals surface area contributed by atoms with Gasteiger partial charge in [0.2, 0.25) is 21.8 Å². The number of carbonyl (C=O) groups is 2. The van der Waals surface area contributed by atoms with Gasteiger partial charge in [-0.1, -0.05) is 41.4 Å². The van der Waals surface area contributed by atoms with E-state index in [-0.39, 0.29) is 48.7 Å². The molecule has 7 nitrogen and oxygen atoms in total. The number of nitrogens with zero attached hydrogens (tertiary/aromatic N) is 1. The van der Waals surface area contributed by atoms with E-state index >= 15 is 0 Å². The summed E-state index contributed by atoms with van der Waals surface area (Å²) in [4.78, 5) is 24.7. The molecule has 1 heterocycles. The Morgan fingerprint density at radius 2 is 1.71 bits per heavy atom. The Balaban J connectivity index is 1.42. The van der Waals surface area contributed by atoms with Gasteiger partial charge in [-0.3, -0.25) is 9.59 Å². The minimum Gasteiger partial charge on any atom is -0.355 e. The summed E-state index contributed by atoms with van der Waals surface area (Å²) in [5.74, 6) is -0.738. The van der Waals surface area contributed by atoms with Crippen LogP contribution in [0.5, 0.6) is 0 Å². The Labute approximate surface area is 191 Å². The molecule has 1 fully saturated rings.